The molecule has 118 valence electrons. The third-order valence-corrected chi connectivity index (χ3v) is 4.41. The van der Waals surface area contributed by atoms with Crippen molar-refractivity contribution in [1.29, 1.82) is 0 Å². The van der Waals surface area contributed by atoms with Crippen molar-refractivity contribution >= 4 is 22.8 Å². The van der Waals surface area contributed by atoms with Gasteiger partial charge in [-0.1, -0.05) is 42.5 Å². The van der Waals surface area contributed by atoms with Gasteiger partial charge in [-0.3, -0.25) is 4.79 Å². The lowest BCUT2D eigenvalue weighted by Gasteiger charge is -2.19. The molecule has 0 saturated heterocycles. The van der Waals surface area contributed by atoms with Gasteiger partial charge in [-0.05, 0) is 36.4 Å². The van der Waals surface area contributed by atoms with E-state index in [1.54, 1.807) is 0 Å². The van der Waals surface area contributed by atoms with Crippen LogP contribution in [-0.4, -0.2) is 19.5 Å². The van der Waals surface area contributed by atoms with Crippen molar-refractivity contribution in [2.45, 2.75) is 0 Å². The largest absolute Gasteiger partial charge is 0.355 e. The number of carbonyl (C=O) groups excluding carboxylic acids is 1. The van der Waals surface area contributed by atoms with Crippen molar-refractivity contribution < 1.29 is 4.79 Å². The fraction of sp³-hybridized carbons (Fsp3) is 0.0952. The van der Waals surface area contributed by atoms with Gasteiger partial charge in [0.1, 0.15) is 0 Å². The van der Waals surface area contributed by atoms with Gasteiger partial charge in [-0.25, -0.2) is 0 Å². The molecule has 0 radical (unpaired) electrons. The Morgan fingerprint density at radius 2 is 1.33 bits per heavy atom. The highest BCUT2D eigenvalue weighted by atomic mass is 16.1. The van der Waals surface area contributed by atoms with Crippen molar-refractivity contribution in [3.63, 3.8) is 0 Å². The number of fused-ring (bicyclic) bond motifs is 1. The Bertz CT molecular complexity index is 872. The zero-order valence-corrected chi connectivity index (χ0v) is 13.5. The Kier molecular flexibility index (Phi) is 3.54. The van der Waals surface area contributed by atoms with Gasteiger partial charge in [0.25, 0.3) is 0 Å². The first kappa shape index (κ1) is 14.5. The summed E-state index contributed by atoms with van der Waals surface area (Å²) in [6, 6.07) is 25.6. The Morgan fingerprint density at radius 1 is 0.750 bits per heavy atom. The fourth-order valence-corrected chi connectivity index (χ4v) is 3.15. The second-order valence-corrected chi connectivity index (χ2v) is 6.00. The average Bonchev–Trinajstić information content (AvgIpc) is 2.99. The maximum absolute atomic E-state index is 12.5. The van der Waals surface area contributed by atoms with Crippen molar-refractivity contribution in [3.05, 3.63) is 90.0 Å². The topological polar surface area (TPSA) is 23.6 Å². The molecule has 0 unspecified atom stereocenters. The lowest BCUT2D eigenvalue weighted by Crippen LogP contribution is -2.23. The van der Waals surface area contributed by atoms with Crippen LogP contribution in [0.15, 0.2) is 78.9 Å². The number of carbonyl (C=O) groups is 1. The Labute approximate surface area is 141 Å². The molecule has 0 aliphatic carbocycles. The minimum atomic E-state index is 0.0566. The summed E-state index contributed by atoms with van der Waals surface area (Å²) in [5.41, 5.74) is 4.95. The molecule has 0 aromatic heterocycles. The predicted molar refractivity (Wildman–Crippen MR) is 98.2 cm³/mol. The van der Waals surface area contributed by atoms with E-state index >= 15 is 0 Å². The number of anilines is 3. The molecule has 0 amide bonds. The van der Waals surface area contributed by atoms with E-state index in [9.17, 15) is 4.79 Å². The van der Waals surface area contributed by atoms with E-state index in [0.717, 1.165) is 17.9 Å². The van der Waals surface area contributed by atoms with E-state index in [4.69, 9.17) is 0 Å². The van der Waals surface area contributed by atoms with Gasteiger partial charge in [0.05, 0.1) is 18.0 Å². The molecule has 0 N–H and O–H groups in total. The highest BCUT2D eigenvalue weighted by Crippen LogP contribution is 2.39. The molecule has 3 aromatic carbocycles. The standard InChI is InChI=1S/C21H18N2O/c1-22-15-23(20-10-6-5-9-19(20)22)18-13-11-17(12-14-18)21(24)16-7-3-2-4-8-16/h2-14H,15H2,1H3. The van der Waals surface area contributed by atoms with Crippen LogP contribution in [0.3, 0.4) is 0 Å². The van der Waals surface area contributed by atoms with Crippen LogP contribution in [0.25, 0.3) is 0 Å². The van der Waals surface area contributed by atoms with Crippen LogP contribution < -0.4 is 9.80 Å². The van der Waals surface area contributed by atoms with E-state index in [1.807, 2.05) is 54.6 Å². The van der Waals surface area contributed by atoms with Crippen LogP contribution in [0, 0.1) is 0 Å². The summed E-state index contributed by atoms with van der Waals surface area (Å²) in [4.78, 5) is 17.0. The molecule has 1 aliphatic heterocycles. The first-order chi connectivity index (χ1) is 11.7. The minimum absolute atomic E-state index is 0.0566. The number of benzene rings is 3. The summed E-state index contributed by atoms with van der Waals surface area (Å²) >= 11 is 0. The third-order valence-electron chi connectivity index (χ3n) is 4.41. The molecule has 1 heterocycles. The van der Waals surface area contributed by atoms with Crippen LogP contribution in [0.2, 0.25) is 0 Å². The van der Waals surface area contributed by atoms with Crippen molar-refractivity contribution in [2.24, 2.45) is 0 Å². The normalized spacial score (nSPS) is 13.0. The molecule has 0 bridgehead atoms. The zero-order valence-electron chi connectivity index (χ0n) is 13.5. The molecule has 3 aromatic rings. The molecule has 0 fully saturated rings. The van der Waals surface area contributed by atoms with E-state index in [-0.39, 0.29) is 5.78 Å². The summed E-state index contributed by atoms with van der Waals surface area (Å²) in [7, 11) is 2.09. The van der Waals surface area contributed by atoms with Crippen LogP contribution in [0.5, 0.6) is 0 Å². The number of ketones is 1. The van der Waals surface area contributed by atoms with Crippen molar-refractivity contribution in [2.75, 3.05) is 23.5 Å². The summed E-state index contributed by atoms with van der Waals surface area (Å²) in [6.45, 7) is 0.811. The first-order valence-corrected chi connectivity index (χ1v) is 8.01. The van der Waals surface area contributed by atoms with Crippen LogP contribution in [-0.2, 0) is 0 Å². The van der Waals surface area contributed by atoms with Crippen LogP contribution in [0.1, 0.15) is 15.9 Å². The van der Waals surface area contributed by atoms with E-state index in [1.165, 1.54) is 11.4 Å². The monoisotopic (exact) mass is 314 g/mol. The molecule has 24 heavy (non-hydrogen) atoms. The summed E-state index contributed by atoms with van der Waals surface area (Å²) in [5, 5.41) is 0. The van der Waals surface area contributed by atoms with Crippen LogP contribution >= 0.6 is 0 Å². The maximum Gasteiger partial charge on any atom is 0.193 e. The number of nitrogens with zero attached hydrogens (tertiary/aromatic N) is 2. The van der Waals surface area contributed by atoms with Gasteiger partial charge in [-0.15, -0.1) is 0 Å². The molecule has 0 atom stereocenters. The third kappa shape index (κ3) is 2.44. The van der Waals surface area contributed by atoms with Gasteiger partial charge in [0.15, 0.2) is 5.78 Å². The highest BCUT2D eigenvalue weighted by molar-refractivity contribution is 6.09. The molecule has 3 heteroatoms. The Hall–Kier alpha value is -3.07. The Balaban J connectivity index is 1.63. The smallest absolute Gasteiger partial charge is 0.193 e. The predicted octanol–water partition coefficient (Wildman–Crippen LogP) is 4.46. The molecule has 4 rings (SSSR count). The van der Waals surface area contributed by atoms with Crippen LogP contribution in [0.4, 0.5) is 17.1 Å². The zero-order chi connectivity index (χ0) is 16.5. The van der Waals surface area contributed by atoms with Gasteiger partial charge < -0.3 is 9.80 Å². The summed E-state index contributed by atoms with van der Waals surface area (Å²) in [5.74, 6) is 0.0566. The lowest BCUT2D eigenvalue weighted by atomic mass is 10.0. The highest BCUT2D eigenvalue weighted by Gasteiger charge is 2.23. The average molecular weight is 314 g/mol. The second-order valence-electron chi connectivity index (χ2n) is 6.00. The molecule has 1 aliphatic rings. The molecule has 0 spiro atoms. The number of rotatable bonds is 3. The van der Waals surface area contributed by atoms with Crippen molar-refractivity contribution in [1.82, 2.24) is 0 Å². The quantitative estimate of drug-likeness (QED) is 0.667. The van der Waals surface area contributed by atoms with E-state index in [0.29, 0.717) is 5.56 Å². The van der Waals surface area contributed by atoms with Gasteiger partial charge in [0.2, 0.25) is 0 Å². The number of hydrogen-bond donors (Lipinski definition) is 0. The van der Waals surface area contributed by atoms with Gasteiger partial charge in [0, 0.05) is 23.9 Å². The maximum atomic E-state index is 12.5. The second kappa shape index (κ2) is 5.85. The van der Waals surface area contributed by atoms with E-state index in [2.05, 4.69) is 41.1 Å². The van der Waals surface area contributed by atoms with E-state index < -0.39 is 0 Å². The lowest BCUT2D eigenvalue weighted by molar-refractivity contribution is 0.103. The first-order valence-electron chi connectivity index (χ1n) is 8.01. The summed E-state index contributed by atoms with van der Waals surface area (Å²) < 4.78 is 0. The van der Waals surface area contributed by atoms with Gasteiger partial charge >= 0.3 is 0 Å². The number of para-hydroxylation sites is 2. The summed E-state index contributed by atoms with van der Waals surface area (Å²) in [6.07, 6.45) is 0. The fourth-order valence-electron chi connectivity index (χ4n) is 3.15. The molecule has 0 saturated carbocycles. The Morgan fingerprint density at radius 3 is 2.04 bits per heavy atom. The van der Waals surface area contributed by atoms with Gasteiger partial charge in [-0.2, -0.15) is 0 Å². The molecule has 3 nitrogen and oxygen atoms in total. The van der Waals surface area contributed by atoms with Crippen molar-refractivity contribution in [3.8, 4) is 0 Å². The molecular formula is C21H18N2O. The minimum Gasteiger partial charge on any atom is -0.355 e. The molecular weight excluding hydrogens is 296 g/mol. The SMILES string of the molecule is CN1CN(c2ccc(C(=O)c3ccccc3)cc2)c2ccccc21. The number of hydrogen-bond acceptors (Lipinski definition) is 3.